The number of nitrogen functional groups attached to an aromatic ring is 1. The lowest BCUT2D eigenvalue weighted by atomic mass is 10.2. The highest BCUT2D eigenvalue weighted by Crippen LogP contribution is 2.23. The highest BCUT2D eigenvalue weighted by atomic mass is 16.5. The molecule has 1 aromatic carbocycles. The third-order valence-corrected chi connectivity index (χ3v) is 2.39. The largest absolute Gasteiger partial charge is 0.494 e. The number of nitrogens with zero attached hydrogens (tertiary/aromatic N) is 1. The van der Waals surface area contributed by atoms with Crippen molar-refractivity contribution in [2.75, 3.05) is 12.8 Å². The average Bonchev–Trinajstić information content (AvgIpc) is 2.71. The number of nitrogens with one attached hydrogen (secondary N) is 1. The van der Waals surface area contributed by atoms with E-state index in [9.17, 15) is 9.59 Å². The maximum absolute atomic E-state index is 11.7. The molecule has 4 N–H and O–H groups in total. The lowest BCUT2D eigenvalue weighted by Crippen LogP contribution is -2.14. The van der Waals surface area contributed by atoms with Crippen LogP contribution in [-0.4, -0.2) is 28.0 Å². The number of rotatable bonds is 3. The highest BCUT2D eigenvalue weighted by Gasteiger charge is 2.13. The quantitative estimate of drug-likeness (QED) is 0.684. The molecule has 2 aromatic rings. The number of carbonyl (C=O) groups is 1. The lowest BCUT2D eigenvalue weighted by Gasteiger charge is -2.09. The van der Waals surface area contributed by atoms with Crippen LogP contribution in [0.25, 0.3) is 5.69 Å². The second-order valence-electron chi connectivity index (χ2n) is 3.58. The molecular weight excluding hydrogens is 238 g/mol. The van der Waals surface area contributed by atoms with Crippen LogP contribution in [0.5, 0.6) is 5.75 Å². The fraction of sp³-hybridized carbons (Fsp3) is 0.0909. The van der Waals surface area contributed by atoms with E-state index in [0.29, 0.717) is 17.1 Å². The topological polar surface area (TPSA) is 110 Å². The Hall–Kier alpha value is -2.70. The standard InChI is InChI=1S/C11H11N3O4/c1-18-9-3-2-6(12)4-8(9)14-10(15)5-7(13-14)11(16)17/h2-5,13H,12H2,1H3,(H,16,17). The summed E-state index contributed by atoms with van der Waals surface area (Å²) >= 11 is 0. The number of carboxylic acids is 1. The van der Waals surface area contributed by atoms with Crippen molar-refractivity contribution in [3.8, 4) is 11.4 Å². The van der Waals surface area contributed by atoms with Crippen molar-refractivity contribution in [3.05, 3.63) is 40.3 Å². The predicted molar refractivity (Wildman–Crippen MR) is 64.3 cm³/mol. The minimum atomic E-state index is -1.21. The molecule has 0 unspecified atom stereocenters. The number of hydrogen-bond acceptors (Lipinski definition) is 4. The van der Waals surface area contributed by atoms with Gasteiger partial charge in [-0.15, -0.1) is 0 Å². The van der Waals surface area contributed by atoms with Crippen molar-refractivity contribution in [3.63, 3.8) is 0 Å². The van der Waals surface area contributed by atoms with Gasteiger partial charge in [0.25, 0.3) is 5.56 Å². The summed E-state index contributed by atoms with van der Waals surface area (Å²) < 4.78 is 6.16. The van der Waals surface area contributed by atoms with Gasteiger partial charge in [-0.25, -0.2) is 9.48 Å². The van der Waals surface area contributed by atoms with Crippen LogP contribution in [0.1, 0.15) is 10.5 Å². The van der Waals surface area contributed by atoms with Crippen LogP contribution in [0.15, 0.2) is 29.1 Å². The third-order valence-electron chi connectivity index (χ3n) is 2.39. The smallest absolute Gasteiger partial charge is 0.353 e. The number of nitrogens with two attached hydrogens (primary N) is 1. The Morgan fingerprint density at radius 2 is 2.17 bits per heavy atom. The van der Waals surface area contributed by atoms with Gasteiger partial charge in [-0.05, 0) is 18.2 Å². The minimum Gasteiger partial charge on any atom is -0.494 e. The molecule has 0 aliphatic carbocycles. The van der Waals surface area contributed by atoms with Crippen molar-refractivity contribution in [1.82, 2.24) is 9.78 Å². The molecule has 0 aliphatic heterocycles. The predicted octanol–water partition coefficient (Wildman–Crippen LogP) is 0.455. The number of hydrogen-bond donors (Lipinski definition) is 3. The molecule has 18 heavy (non-hydrogen) atoms. The first-order valence-electron chi connectivity index (χ1n) is 5.02. The van der Waals surface area contributed by atoms with E-state index >= 15 is 0 Å². The summed E-state index contributed by atoms with van der Waals surface area (Å²) in [6, 6.07) is 5.72. The molecule has 0 bridgehead atoms. The van der Waals surface area contributed by atoms with Crippen LogP contribution >= 0.6 is 0 Å². The van der Waals surface area contributed by atoms with Crippen molar-refractivity contribution < 1.29 is 14.6 Å². The number of anilines is 1. The maximum Gasteiger partial charge on any atom is 0.353 e. The van der Waals surface area contributed by atoms with Crippen molar-refractivity contribution >= 4 is 11.7 Å². The van der Waals surface area contributed by atoms with Crippen LogP contribution in [-0.2, 0) is 0 Å². The molecule has 94 valence electrons. The molecule has 0 saturated carbocycles. The van der Waals surface area contributed by atoms with Gasteiger partial charge in [0, 0.05) is 11.8 Å². The maximum atomic E-state index is 11.7. The lowest BCUT2D eigenvalue weighted by molar-refractivity contribution is 0.0690. The number of methoxy groups -OCH3 is 1. The molecule has 0 aliphatic rings. The van der Waals surface area contributed by atoms with E-state index in [0.717, 1.165) is 10.7 Å². The third kappa shape index (κ3) is 1.93. The summed E-state index contributed by atoms with van der Waals surface area (Å²) in [6.45, 7) is 0. The van der Waals surface area contributed by atoms with E-state index in [1.54, 1.807) is 12.1 Å². The molecular formula is C11H11N3O4. The summed E-state index contributed by atoms with van der Waals surface area (Å²) in [5.74, 6) is -0.807. The van der Waals surface area contributed by atoms with E-state index in [1.165, 1.54) is 13.2 Å². The van der Waals surface area contributed by atoms with Gasteiger partial charge in [-0.2, -0.15) is 0 Å². The Morgan fingerprint density at radius 1 is 1.44 bits per heavy atom. The van der Waals surface area contributed by atoms with Crippen molar-refractivity contribution in [2.45, 2.75) is 0 Å². The molecule has 1 heterocycles. The van der Waals surface area contributed by atoms with Crippen LogP contribution in [0, 0.1) is 0 Å². The zero-order valence-corrected chi connectivity index (χ0v) is 9.51. The van der Waals surface area contributed by atoms with E-state index in [-0.39, 0.29) is 5.69 Å². The van der Waals surface area contributed by atoms with Crippen LogP contribution in [0.4, 0.5) is 5.69 Å². The van der Waals surface area contributed by atoms with Crippen molar-refractivity contribution in [1.29, 1.82) is 0 Å². The zero-order chi connectivity index (χ0) is 13.3. The Morgan fingerprint density at radius 3 is 2.72 bits per heavy atom. The summed E-state index contributed by atoms with van der Waals surface area (Å²) in [5, 5.41) is 11.3. The normalized spacial score (nSPS) is 10.3. The van der Waals surface area contributed by atoms with Crippen LogP contribution < -0.4 is 16.0 Å². The molecule has 0 saturated heterocycles. The van der Waals surface area contributed by atoms with Gasteiger partial charge in [0.1, 0.15) is 17.1 Å². The molecule has 0 radical (unpaired) electrons. The first-order chi connectivity index (χ1) is 8.52. The SMILES string of the molecule is COc1ccc(N)cc1-n1[nH]c(C(=O)O)cc1=O. The summed E-state index contributed by atoms with van der Waals surface area (Å²) in [6.07, 6.45) is 0. The van der Waals surface area contributed by atoms with E-state index < -0.39 is 11.5 Å². The Bertz CT molecular complexity index is 657. The molecule has 7 heteroatoms. The minimum absolute atomic E-state index is 0.204. The van der Waals surface area contributed by atoms with Gasteiger partial charge in [0.05, 0.1) is 7.11 Å². The van der Waals surface area contributed by atoms with Crippen LogP contribution in [0.3, 0.4) is 0 Å². The summed E-state index contributed by atoms with van der Waals surface area (Å²) in [5.41, 5.74) is 5.72. The monoisotopic (exact) mass is 249 g/mol. The molecule has 1 aromatic heterocycles. The van der Waals surface area contributed by atoms with Gasteiger partial charge in [0.15, 0.2) is 0 Å². The Kier molecular flexibility index (Phi) is 2.80. The number of aromatic carboxylic acids is 1. The number of H-pyrrole nitrogens is 1. The molecule has 2 rings (SSSR count). The van der Waals surface area contributed by atoms with Gasteiger partial charge in [-0.1, -0.05) is 0 Å². The molecule has 7 nitrogen and oxygen atoms in total. The molecule has 0 fully saturated rings. The number of benzene rings is 1. The molecule has 0 atom stereocenters. The fourth-order valence-corrected chi connectivity index (χ4v) is 1.57. The Balaban J connectivity index is 2.64. The van der Waals surface area contributed by atoms with E-state index in [4.69, 9.17) is 15.6 Å². The van der Waals surface area contributed by atoms with Gasteiger partial charge >= 0.3 is 5.97 Å². The summed E-state index contributed by atoms with van der Waals surface area (Å²) in [7, 11) is 1.45. The zero-order valence-electron chi connectivity index (χ0n) is 9.51. The van der Waals surface area contributed by atoms with Gasteiger partial charge in [-0.3, -0.25) is 9.89 Å². The number of ether oxygens (including phenoxy) is 1. The van der Waals surface area contributed by atoms with E-state index in [1.807, 2.05) is 0 Å². The second-order valence-corrected chi connectivity index (χ2v) is 3.58. The first-order valence-corrected chi connectivity index (χ1v) is 5.02. The molecule has 0 spiro atoms. The second kappa shape index (κ2) is 4.28. The average molecular weight is 249 g/mol. The first kappa shape index (κ1) is 11.8. The Labute approximate surface area is 101 Å². The van der Waals surface area contributed by atoms with E-state index in [2.05, 4.69) is 5.10 Å². The fourth-order valence-electron chi connectivity index (χ4n) is 1.57. The van der Waals surface area contributed by atoms with Gasteiger partial charge < -0.3 is 15.6 Å². The number of aromatic nitrogens is 2. The highest BCUT2D eigenvalue weighted by molar-refractivity contribution is 5.85. The molecule has 0 amide bonds. The number of carboxylic acid groups (broad SMARTS) is 1. The van der Waals surface area contributed by atoms with Crippen molar-refractivity contribution in [2.24, 2.45) is 0 Å². The number of aromatic amines is 1. The van der Waals surface area contributed by atoms with Crippen LogP contribution in [0.2, 0.25) is 0 Å². The summed E-state index contributed by atoms with van der Waals surface area (Å²) in [4.78, 5) is 22.5. The van der Waals surface area contributed by atoms with Gasteiger partial charge in [0.2, 0.25) is 0 Å².